The smallest absolute Gasteiger partial charge is 0.156 e. The predicted octanol–water partition coefficient (Wildman–Crippen LogP) is 4.72. The first kappa shape index (κ1) is 17.0. The second-order valence-corrected chi connectivity index (χ2v) is 6.51. The van der Waals surface area contributed by atoms with Crippen molar-refractivity contribution in [3.05, 3.63) is 114 Å². The van der Waals surface area contributed by atoms with E-state index in [-0.39, 0.29) is 0 Å². The van der Waals surface area contributed by atoms with Crippen molar-refractivity contribution in [1.82, 2.24) is 4.98 Å². The number of pyridine rings is 1. The van der Waals surface area contributed by atoms with Crippen LogP contribution in [0.15, 0.2) is 97.1 Å². The Bertz CT molecular complexity index is 1110. The lowest BCUT2D eigenvalue weighted by molar-refractivity contribution is 0.0996. The number of fused-ring (bicyclic) bond motifs is 1. The molecule has 0 spiro atoms. The third-order valence-corrected chi connectivity index (χ3v) is 4.53. The molecule has 0 bridgehead atoms. The molecule has 0 saturated heterocycles. The number of hydrogen-bond donors (Lipinski definition) is 1. The largest absolute Gasteiger partial charge is 0.373 e. The fraction of sp³-hybridized carbons (Fsp3) is 0.0800. The van der Waals surface area contributed by atoms with Gasteiger partial charge >= 0.3 is 0 Å². The van der Waals surface area contributed by atoms with Crippen LogP contribution in [0.5, 0.6) is 0 Å². The van der Waals surface area contributed by atoms with Gasteiger partial charge in [0.1, 0.15) is 0 Å². The minimum Gasteiger partial charge on any atom is -0.373 e. The Kier molecular flexibility index (Phi) is 4.70. The zero-order valence-corrected chi connectivity index (χ0v) is 14.8. The van der Waals surface area contributed by atoms with Gasteiger partial charge < -0.3 is 5.11 Å². The zero-order valence-electron chi connectivity index (χ0n) is 14.8. The molecule has 0 aliphatic heterocycles. The van der Waals surface area contributed by atoms with Crippen molar-refractivity contribution in [3.63, 3.8) is 0 Å². The summed E-state index contributed by atoms with van der Waals surface area (Å²) in [6, 6.07) is 31.3. The van der Waals surface area contributed by atoms with Gasteiger partial charge in [0.15, 0.2) is 5.60 Å². The molecule has 4 aromatic rings. The Balaban J connectivity index is 1.74. The fourth-order valence-corrected chi connectivity index (χ4v) is 3.10. The quantitative estimate of drug-likeness (QED) is 0.543. The highest BCUT2D eigenvalue weighted by molar-refractivity contribution is 5.78. The molecule has 1 heterocycles. The van der Waals surface area contributed by atoms with Crippen LogP contribution in [0.4, 0.5) is 0 Å². The highest BCUT2D eigenvalue weighted by Gasteiger charge is 2.28. The van der Waals surface area contributed by atoms with E-state index in [9.17, 15) is 5.11 Å². The predicted molar refractivity (Wildman–Crippen MR) is 109 cm³/mol. The van der Waals surface area contributed by atoms with Gasteiger partial charge in [-0.15, -0.1) is 0 Å². The summed E-state index contributed by atoms with van der Waals surface area (Å²) >= 11 is 0. The maximum atomic E-state index is 11.5. The van der Waals surface area contributed by atoms with Gasteiger partial charge in [0, 0.05) is 23.1 Å². The third-order valence-electron chi connectivity index (χ3n) is 4.53. The molecular formula is C25H19NO. The molecule has 130 valence electrons. The summed E-state index contributed by atoms with van der Waals surface area (Å²) in [5.41, 5.74) is 2.05. The average Bonchev–Trinajstić information content (AvgIpc) is 2.74. The molecule has 3 aromatic carbocycles. The van der Waals surface area contributed by atoms with E-state index >= 15 is 0 Å². The van der Waals surface area contributed by atoms with E-state index in [2.05, 4.69) is 11.8 Å². The van der Waals surface area contributed by atoms with Gasteiger partial charge in [-0.05, 0) is 29.8 Å². The van der Waals surface area contributed by atoms with Crippen LogP contribution in [0, 0.1) is 11.8 Å². The SMILES string of the molecule is O[C@](C#Cc1ccccc1)(Cc1ccc2ccccc2n1)c1ccccc1. The fourth-order valence-electron chi connectivity index (χ4n) is 3.10. The van der Waals surface area contributed by atoms with Gasteiger partial charge in [0.05, 0.1) is 5.52 Å². The minimum absolute atomic E-state index is 0.321. The molecule has 4 rings (SSSR count). The van der Waals surface area contributed by atoms with Crippen LogP contribution in [0.2, 0.25) is 0 Å². The molecule has 0 aliphatic rings. The maximum absolute atomic E-state index is 11.5. The number of hydrogen-bond acceptors (Lipinski definition) is 2. The Labute approximate surface area is 159 Å². The first-order valence-corrected chi connectivity index (χ1v) is 8.94. The topological polar surface area (TPSA) is 33.1 Å². The second kappa shape index (κ2) is 7.45. The van der Waals surface area contributed by atoms with Gasteiger partial charge in [-0.1, -0.05) is 84.6 Å². The summed E-state index contributed by atoms with van der Waals surface area (Å²) in [5, 5.41) is 12.5. The molecule has 0 saturated carbocycles. The summed E-state index contributed by atoms with van der Waals surface area (Å²) in [6.45, 7) is 0. The third kappa shape index (κ3) is 3.89. The van der Waals surface area contributed by atoms with E-state index in [0.29, 0.717) is 6.42 Å². The van der Waals surface area contributed by atoms with Crippen LogP contribution in [-0.4, -0.2) is 10.1 Å². The van der Waals surface area contributed by atoms with Crippen molar-refractivity contribution in [2.45, 2.75) is 12.0 Å². The van der Waals surface area contributed by atoms with Crippen molar-refractivity contribution in [1.29, 1.82) is 0 Å². The standard InChI is InChI=1S/C25H19NO/c27-25(22-12-5-2-6-13-22,18-17-20-9-3-1-4-10-20)19-23-16-15-21-11-7-8-14-24(21)26-23/h1-16,27H,19H2/t25-/m1/s1. The van der Waals surface area contributed by atoms with Crippen molar-refractivity contribution in [2.75, 3.05) is 0 Å². The van der Waals surface area contributed by atoms with Gasteiger partial charge in [0.25, 0.3) is 0 Å². The number of benzene rings is 3. The lowest BCUT2D eigenvalue weighted by atomic mass is 9.89. The zero-order chi connectivity index (χ0) is 18.5. The molecule has 1 N–H and O–H groups in total. The van der Waals surface area contributed by atoms with Crippen molar-refractivity contribution >= 4 is 10.9 Å². The summed E-state index contributed by atoms with van der Waals surface area (Å²) in [6.07, 6.45) is 0.321. The van der Waals surface area contributed by atoms with Gasteiger partial charge in [-0.25, -0.2) is 0 Å². The summed E-state index contributed by atoms with van der Waals surface area (Å²) in [4.78, 5) is 4.71. The Morgan fingerprint density at radius 3 is 2.19 bits per heavy atom. The monoisotopic (exact) mass is 349 g/mol. The normalized spacial score (nSPS) is 12.8. The molecule has 2 nitrogen and oxygen atoms in total. The Morgan fingerprint density at radius 2 is 1.41 bits per heavy atom. The maximum Gasteiger partial charge on any atom is 0.156 e. The molecule has 2 heteroatoms. The molecule has 0 unspecified atom stereocenters. The highest BCUT2D eigenvalue weighted by atomic mass is 16.3. The highest BCUT2D eigenvalue weighted by Crippen LogP contribution is 2.26. The number of para-hydroxylation sites is 1. The van der Waals surface area contributed by atoms with Gasteiger partial charge in [-0.2, -0.15) is 0 Å². The van der Waals surface area contributed by atoms with Gasteiger partial charge in [0.2, 0.25) is 0 Å². The van der Waals surface area contributed by atoms with Crippen molar-refractivity contribution in [2.24, 2.45) is 0 Å². The molecule has 0 fully saturated rings. The van der Waals surface area contributed by atoms with Crippen LogP contribution in [0.25, 0.3) is 10.9 Å². The molecule has 0 amide bonds. The molecule has 0 radical (unpaired) electrons. The van der Waals surface area contributed by atoms with E-state index in [1.807, 2.05) is 97.1 Å². The minimum atomic E-state index is -1.31. The molecule has 0 aliphatic carbocycles. The first-order chi connectivity index (χ1) is 13.2. The van der Waals surface area contributed by atoms with Crippen LogP contribution in [-0.2, 0) is 12.0 Å². The van der Waals surface area contributed by atoms with Crippen LogP contribution < -0.4 is 0 Å². The number of aliphatic hydroxyl groups is 1. The van der Waals surface area contributed by atoms with E-state index in [0.717, 1.165) is 27.7 Å². The number of aromatic nitrogens is 1. The molecule has 1 aromatic heterocycles. The van der Waals surface area contributed by atoms with Crippen molar-refractivity contribution < 1.29 is 5.11 Å². The lowest BCUT2D eigenvalue weighted by Crippen LogP contribution is -2.27. The van der Waals surface area contributed by atoms with E-state index < -0.39 is 5.60 Å². The number of nitrogens with zero attached hydrogens (tertiary/aromatic N) is 1. The number of rotatable bonds is 3. The van der Waals surface area contributed by atoms with Gasteiger partial charge in [-0.3, -0.25) is 4.98 Å². The lowest BCUT2D eigenvalue weighted by Gasteiger charge is -2.23. The summed E-state index contributed by atoms with van der Waals surface area (Å²) in [5.74, 6) is 6.20. The van der Waals surface area contributed by atoms with Crippen LogP contribution in [0.3, 0.4) is 0 Å². The van der Waals surface area contributed by atoms with Crippen LogP contribution >= 0.6 is 0 Å². The Morgan fingerprint density at radius 1 is 0.741 bits per heavy atom. The molecule has 27 heavy (non-hydrogen) atoms. The second-order valence-electron chi connectivity index (χ2n) is 6.51. The van der Waals surface area contributed by atoms with E-state index in [1.165, 1.54) is 0 Å². The Hall–Kier alpha value is -3.41. The van der Waals surface area contributed by atoms with Crippen LogP contribution in [0.1, 0.15) is 16.8 Å². The summed E-state index contributed by atoms with van der Waals surface area (Å²) in [7, 11) is 0. The molecule has 1 atom stereocenters. The summed E-state index contributed by atoms with van der Waals surface area (Å²) < 4.78 is 0. The van der Waals surface area contributed by atoms with Crippen molar-refractivity contribution in [3.8, 4) is 11.8 Å². The average molecular weight is 349 g/mol. The van der Waals surface area contributed by atoms with E-state index in [1.54, 1.807) is 0 Å². The first-order valence-electron chi connectivity index (χ1n) is 8.94. The molecular weight excluding hydrogens is 330 g/mol. The van der Waals surface area contributed by atoms with E-state index in [4.69, 9.17) is 4.98 Å².